The van der Waals surface area contributed by atoms with Gasteiger partial charge >= 0.3 is 0 Å². The molecule has 0 spiro atoms. The molecule has 20 heavy (non-hydrogen) atoms. The molecule has 1 amide bonds. The van der Waals surface area contributed by atoms with Crippen LogP contribution in [-0.4, -0.2) is 27.5 Å². The third kappa shape index (κ3) is 2.03. The SMILES string of the molecule is CN(C(=O)c1ccncc1)c1ccc2c(c1)ncn2C. The predicted octanol–water partition coefficient (Wildman–Crippen LogP) is 2.24. The molecule has 3 aromatic rings. The molecule has 0 saturated carbocycles. The Labute approximate surface area is 116 Å². The summed E-state index contributed by atoms with van der Waals surface area (Å²) in [5, 5.41) is 0. The lowest BCUT2D eigenvalue weighted by molar-refractivity contribution is 0.0993. The molecule has 3 rings (SSSR count). The maximum Gasteiger partial charge on any atom is 0.258 e. The number of carbonyl (C=O) groups is 1. The molecule has 5 heteroatoms. The molecule has 5 nitrogen and oxygen atoms in total. The number of anilines is 1. The summed E-state index contributed by atoms with van der Waals surface area (Å²) in [5.74, 6) is -0.0670. The average molecular weight is 266 g/mol. The minimum atomic E-state index is -0.0670. The number of rotatable bonds is 2. The van der Waals surface area contributed by atoms with E-state index in [-0.39, 0.29) is 5.91 Å². The second kappa shape index (κ2) is 4.77. The second-order valence-corrected chi connectivity index (χ2v) is 4.63. The van der Waals surface area contributed by atoms with Crippen molar-refractivity contribution in [2.45, 2.75) is 0 Å². The molecule has 2 heterocycles. The van der Waals surface area contributed by atoms with Crippen LogP contribution in [0.25, 0.3) is 11.0 Å². The van der Waals surface area contributed by atoms with Gasteiger partial charge in [0.1, 0.15) is 0 Å². The number of amides is 1. The maximum absolute atomic E-state index is 12.4. The zero-order valence-electron chi connectivity index (χ0n) is 11.3. The van der Waals surface area contributed by atoms with Gasteiger partial charge in [-0.3, -0.25) is 9.78 Å². The van der Waals surface area contributed by atoms with Crippen molar-refractivity contribution in [2.75, 3.05) is 11.9 Å². The summed E-state index contributed by atoms with van der Waals surface area (Å²) >= 11 is 0. The van der Waals surface area contributed by atoms with Crippen molar-refractivity contribution >= 4 is 22.6 Å². The molecular formula is C15H14N4O. The van der Waals surface area contributed by atoms with Crippen molar-refractivity contribution in [1.82, 2.24) is 14.5 Å². The summed E-state index contributed by atoms with van der Waals surface area (Å²) in [6.07, 6.45) is 4.99. The number of hydrogen-bond acceptors (Lipinski definition) is 3. The lowest BCUT2D eigenvalue weighted by Crippen LogP contribution is -2.26. The first-order chi connectivity index (χ1) is 9.66. The molecule has 0 aliphatic heterocycles. The van der Waals surface area contributed by atoms with Crippen LogP contribution in [0.3, 0.4) is 0 Å². The Balaban J connectivity index is 1.96. The monoisotopic (exact) mass is 266 g/mol. The van der Waals surface area contributed by atoms with E-state index in [9.17, 15) is 4.79 Å². The average Bonchev–Trinajstić information content (AvgIpc) is 2.87. The lowest BCUT2D eigenvalue weighted by Gasteiger charge is -2.17. The van der Waals surface area contributed by atoms with Gasteiger partial charge in [0.2, 0.25) is 0 Å². The molecule has 100 valence electrons. The van der Waals surface area contributed by atoms with Gasteiger partial charge in [0, 0.05) is 37.7 Å². The minimum Gasteiger partial charge on any atom is -0.334 e. The van der Waals surface area contributed by atoms with E-state index < -0.39 is 0 Å². The van der Waals surface area contributed by atoms with Gasteiger partial charge in [-0.25, -0.2) is 4.98 Å². The van der Waals surface area contributed by atoms with Crippen LogP contribution in [0.2, 0.25) is 0 Å². The highest BCUT2D eigenvalue weighted by Gasteiger charge is 2.14. The summed E-state index contributed by atoms with van der Waals surface area (Å²) < 4.78 is 1.95. The number of fused-ring (bicyclic) bond motifs is 1. The number of imidazole rings is 1. The van der Waals surface area contributed by atoms with E-state index in [0.717, 1.165) is 16.7 Å². The molecular weight excluding hydrogens is 252 g/mol. The number of benzene rings is 1. The molecule has 0 aliphatic carbocycles. The van der Waals surface area contributed by atoms with Crippen molar-refractivity contribution in [3.63, 3.8) is 0 Å². The van der Waals surface area contributed by atoms with Crippen LogP contribution in [0.15, 0.2) is 49.1 Å². The van der Waals surface area contributed by atoms with E-state index >= 15 is 0 Å². The number of aryl methyl sites for hydroxylation is 1. The summed E-state index contributed by atoms with van der Waals surface area (Å²) in [7, 11) is 3.70. The lowest BCUT2D eigenvalue weighted by atomic mass is 10.2. The number of carbonyl (C=O) groups excluding carboxylic acids is 1. The Bertz CT molecular complexity index is 764. The summed E-state index contributed by atoms with van der Waals surface area (Å²) in [5.41, 5.74) is 3.35. The van der Waals surface area contributed by atoms with Crippen LogP contribution < -0.4 is 4.90 Å². The van der Waals surface area contributed by atoms with Gasteiger partial charge in [-0.15, -0.1) is 0 Å². The quantitative estimate of drug-likeness (QED) is 0.714. The zero-order chi connectivity index (χ0) is 14.1. The fourth-order valence-corrected chi connectivity index (χ4v) is 2.14. The van der Waals surface area contributed by atoms with E-state index in [4.69, 9.17) is 0 Å². The first kappa shape index (κ1) is 12.3. The van der Waals surface area contributed by atoms with Crippen molar-refractivity contribution in [2.24, 2.45) is 7.05 Å². The Morgan fingerprint density at radius 1 is 1.20 bits per heavy atom. The largest absolute Gasteiger partial charge is 0.334 e. The highest BCUT2D eigenvalue weighted by Crippen LogP contribution is 2.21. The second-order valence-electron chi connectivity index (χ2n) is 4.63. The number of nitrogens with zero attached hydrogens (tertiary/aromatic N) is 4. The van der Waals surface area contributed by atoms with E-state index in [1.165, 1.54) is 0 Å². The topological polar surface area (TPSA) is 51.0 Å². The van der Waals surface area contributed by atoms with E-state index in [1.54, 1.807) is 42.8 Å². The minimum absolute atomic E-state index is 0.0670. The van der Waals surface area contributed by atoms with E-state index in [2.05, 4.69) is 9.97 Å². The van der Waals surface area contributed by atoms with Gasteiger partial charge in [-0.05, 0) is 30.3 Å². The first-order valence-corrected chi connectivity index (χ1v) is 6.26. The highest BCUT2D eigenvalue weighted by atomic mass is 16.2. The van der Waals surface area contributed by atoms with Crippen LogP contribution in [-0.2, 0) is 7.05 Å². The van der Waals surface area contributed by atoms with Gasteiger partial charge < -0.3 is 9.47 Å². The molecule has 0 fully saturated rings. The number of hydrogen-bond donors (Lipinski definition) is 0. The number of pyridine rings is 1. The Hall–Kier alpha value is -2.69. The molecule has 0 radical (unpaired) electrons. The Morgan fingerprint density at radius 2 is 1.95 bits per heavy atom. The van der Waals surface area contributed by atoms with Gasteiger partial charge in [-0.2, -0.15) is 0 Å². The van der Waals surface area contributed by atoms with Crippen LogP contribution in [0.4, 0.5) is 5.69 Å². The molecule has 2 aromatic heterocycles. The predicted molar refractivity (Wildman–Crippen MR) is 77.7 cm³/mol. The molecule has 0 unspecified atom stereocenters. The fourth-order valence-electron chi connectivity index (χ4n) is 2.14. The number of aromatic nitrogens is 3. The third-order valence-corrected chi connectivity index (χ3v) is 3.33. The molecule has 0 saturated heterocycles. The molecule has 1 aromatic carbocycles. The summed E-state index contributed by atoms with van der Waals surface area (Å²) in [4.78, 5) is 22.2. The van der Waals surface area contributed by atoms with Crippen molar-refractivity contribution in [1.29, 1.82) is 0 Å². The summed E-state index contributed by atoms with van der Waals surface area (Å²) in [6, 6.07) is 9.21. The molecule has 0 aliphatic rings. The highest BCUT2D eigenvalue weighted by molar-refractivity contribution is 6.06. The summed E-state index contributed by atoms with van der Waals surface area (Å²) in [6.45, 7) is 0. The van der Waals surface area contributed by atoms with Gasteiger partial charge in [0.05, 0.1) is 17.4 Å². The smallest absolute Gasteiger partial charge is 0.258 e. The molecule has 0 N–H and O–H groups in total. The molecule has 0 atom stereocenters. The van der Waals surface area contributed by atoms with Gasteiger partial charge in [0.25, 0.3) is 5.91 Å². The first-order valence-electron chi connectivity index (χ1n) is 6.26. The van der Waals surface area contributed by atoms with E-state index in [1.807, 2.05) is 29.8 Å². The van der Waals surface area contributed by atoms with Crippen molar-refractivity contribution < 1.29 is 4.79 Å². The third-order valence-electron chi connectivity index (χ3n) is 3.33. The normalized spacial score (nSPS) is 10.7. The standard InChI is InChI=1S/C15H14N4O/c1-18-10-17-13-9-12(3-4-14(13)18)19(2)15(20)11-5-7-16-8-6-11/h3-10H,1-2H3. The van der Waals surface area contributed by atoms with Crippen molar-refractivity contribution in [3.8, 4) is 0 Å². The van der Waals surface area contributed by atoms with Gasteiger partial charge in [-0.1, -0.05) is 0 Å². The van der Waals surface area contributed by atoms with Crippen molar-refractivity contribution in [3.05, 3.63) is 54.6 Å². The van der Waals surface area contributed by atoms with Crippen LogP contribution in [0.5, 0.6) is 0 Å². The Kier molecular flexibility index (Phi) is 2.95. The van der Waals surface area contributed by atoms with E-state index in [0.29, 0.717) is 5.56 Å². The Morgan fingerprint density at radius 3 is 2.70 bits per heavy atom. The van der Waals surface area contributed by atoms with Crippen LogP contribution in [0.1, 0.15) is 10.4 Å². The van der Waals surface area contributed by atoms with Crippen LogP contribution >= 0.6 is 0 Å². The van der Waals surface area contributed by atoms with Crippen LogP contribution in [0, 0.1) is 0 Å². The fraction of sp³-hybridized carbons (Fsp3) is 0.133. The molecule has 0 bridgehead atoms. The maximum atomic E-state index is 12.4. The zero-order valence-corrected chi connectivity index (χ0v) is 11.3. The van der Waals surface area contributed by atoms with Gasteiger partial charge in [0.15, 0.2) is 0 Å².